The van der Waals surface area contributed by atoms with E-state index >= 15 is 0 Å². The monoisotopic (exact) mass is 248 g/mol. The molecule has 0 radical (unpaired) electrons. The Bertz CT molecular complexity index is 301. The molecule has 96 valence electrons. The van der Waals surface area contributed by atoms with E-state index in [1.807, 2.05) is 7.05 Å². The van der Waals surface area contributed by atoms with Gasteiger partial charge in [-0.05, 0) is 32.2 Å². The van der Waals surface area contributed by atoms with E-state index in [2.05, 4.69) is 19.2 Å². The lowest BCUT2D eigenvalue weighted by Gasteiger charge is -2.31. The van der Waals surface area contributed by atoms with E-state index in [0.717, 1.165) is 19.3 Å². The van der Waals surface area contributed by atoms with E-state index in [-0.39, 0.29) is 0 Å². The van der Waals surface area contributed by atoms with E-state index < -0.39 is 10.0 Å². The molecule has 0 spiro atoms. The van der Waals surface area contributed by atoms with E-state index in [4.69, 9.17) is 0 Å². The number of rotatable bonds is 5. The van der Waals surface area contributed by atoms with Crippen molar-refractivity contribution in [2.45, 2.75) is 39.2 Å². The molecule has 1 saturated heterocycles. The van der Waals surface area contributed by atoms with Gasteiger partial charge in [-0.3, -0.25) is 0 Å². The van der Waals surface area contributed by atoms with Crippen LogP contribution < -0.4 is 5.32 Å². The van der Waals surface area contributed by atoms with Crippen LogP contribution in [0.1, 0.15) is 33.1 Å². The van der Waals surface area contributed by atoms with Crippen molar-refractivity contribution < 1.29 is 8.42 Å². The van der Waals surface area contributed by atoms with Crippen molar-refractivity contribution in [2.75, 3.05) is 25.9 Å². The highest BCUT2D eigenvalue weighted by molar-refractivity contribution is 7.89. The standard InChI is InChI=1S/C11H24N2O2S/c1-10(2)6-8-16(14,15)13-7-4-5-11(9-13)12-3/h10-12H,4-9H2,1-3H3. The summed E-state index contributed by atoms with van der Waals surface area (Å²) in [6.07, 6.45) is 2.79. The number of sulfonamides is 1. The minimum atomic E-state index is -3.03. The van der Waals surface area contributed by atoms with Crippen molar-refractivity contribution >= 4 is 10.0 Å². The summed E-state index contributed by atoms with van der Waals surface area (Å²) in [6.45, 7) is 5.44. The molecule has 4 nitrogen and oxygen atoms in total. The largest absolute Gasteiger partial charge is 0.316 e. The van der Waals surface area contributed by atoms with Crippen LogP contribution in [0.2, 0.25) is 0 Å². The van der Waals surface area contributed by atoms with Crippen LogP contribution in [0.25, 0.3) is 0 Å². The zero-order chi connectivity index (χ0) is 12.2. The molecule has 1 unspecified atom stereocenters. The molecule has 1 rings (SSSR count). The molecule has 16 heavy (non-hydrogen) atoms. The first-order valence-corrected chi connectivity index (χ1v) is 7.71. The smallest absolute Gasteiger partial charge is 0.214 e. The third kappa shape index (κ3) is 4.03. The van der Waals surface area contributed by atoms with Gasteiger partial charge in [-0.1, -0.05) is 13.8 Å². The second-order valence-corrected chi connectivity index (χ2v) is 7.07. The van der Waals surface area contributed by atoms with Gasteiger partial charge in [0.25, 0.3) is 0 Å². The van der Waals surface area contributed by atoms with E-state index in [1.54, 1.807) is 4.31 Å². The molecule has 0 bridgehead atoms. The number of piperidine rings is 1. The van der Waals surface area contributed by atoms with Gasteiger partial charge in [0.1, 0.15) is 0 Å². The molecular weight excluding hydrogens is 224 g/mol. The highest BCUT2D eigenvalue weighted by Gasteiger charge is 2.27. The molecule has 1 aliphatic heterocycles. The first kappa shape index (κ1) is 13.9. The highest BCUT2D eigenvalue weighted by Crippen LogP contribution is 2.15. The van der Waals surface area contributed by atoms with Crippen LogP contribution in [0.5, 0.6) is 0 Å². The Kier molecular flexibility index (Phi) is 5.21. The second-order valence-electron chi connectivity index (χ2n) is 4.98. The van der Waals surface area contributed by atoms with Gasteiger partial charge in [-0.25, -0.2) is 12.7 Å². The summed E-state index contributed by atoms with van der Waals surface area (Å²) in [5.41, 5.74) is 0. The maximum Gasteiger partial charge on any atom is 0.214 e. The van der Waals surface area contributed by atoms with Crippen LogP contribution in [0.15, 0.2) is 0 Å². The van der Waals surface area contributed by atoms with Crippen LogP contribution in [0.3, 0.4) is 0 Å². The molecule has 0 aromatic heterocycles. The zero-order valence-corrected chi connectivity index (χ0v) is 11.4. The zero-order valence-electron chi connectivity index (χ0n) is 10.6. The number of hydrogen-bond donors (Lipinski definition) is 1. The maximum absolute atomic E-state index is 12.0. The van der Waals surface area contributed by atoms with Crippen LogP contribution in [-0.4, -0.2) is 44.7 Å². The Morgan fingerprint density at radius 1 is 1.44 bits per heavy atom. The first-order chi connectivity index (χ1) is 7.45. The van der Waals surface area contributed by atoms with Crippen LogP contribution >= 0.6 is 0 Å². The number of hydrogen-bond acceptors (Lipinski definition) is 3. The second kappa shape index (κ2) is 5.98. The average molecular weight is 248 g/mol. The maximum atomic E-state index is 12.0. The van der Waals surface area contributed by atoms with Gasteiger partial charge >= 0.3 is 0 Å². The van der Waals surface area contributed by atoms with Gasteiger partial charge < -0.3 is 5.32 Å². The van der Waals surface area contributed by atoms with Crippen molar-refractivity contribution in [3.8, 4) is 0 Å². The lowest BCUT2D eigenvalue weighted by Crippen LogP contribution is -2.47. The summed E-state index contributed by atoms with van der Waals surface area (Å²) in [4.78, 5) is 0. The molecule has 1 N–H and O–H groups in total. The summed E-state index contributed by atoms with van der Waals surface area (Å²) in [7, 11) is -1.13. The third-order valence-corrected chi connectivity index (χ3v) is 5.01. The Balaban J connectivity index is 2.54. The van der Waals surface area contributed by atoms with Gasteiger partial charge in [-0.15, -0.1) is 0 Å². The lowest BCUT2D eigenvalue weighted by molar-refractivity contribution is 0.292. The Morgan fingerprint density at radius 2 is 2.12 bits per heavy atom. The molecule has 1 aliphatic rings. The number of likely N-dealkylation sites (N-methyl/N-ethyl adjacent to an activating group) is 1. The minimum Gasteiger partial charge on any atom is -0.316 e. The van der Waals surface area contributed by atoms with E-state index in [9.17, 15) is 8.42 Å². The Morgan fingerprint density at radius 3 is 2.69 bits per heavy atom. The average Bonchev–Trinajstić information content (AvgIpc) is 2.27. The number of nitrogens with one attached hydrogen (secondary N) is 1. The molecule has 0 aliphatic carbocycles. The molecule has 1 atom stereocenters. The van der Waals surface area contributed by atoms with Gasteiger partial charge in [0.05, 0.1) is 5.75 Å². The first-order valence-electron chi connectivity index (χ1n) is 6.11. The van der Waals surface area contributed by atoms with Crippen molar-refractivity contribution in [1.82, 2.24) is 9.62 Å². The molecule has 0 aromatic rings. The molecule has 0 amide bonds. The SMILES string of the molecule is CNC1CCCN(S(=O)(=O)CCC(C)C)C1. The van der Waals surface area contributed by atoms with Gasteiger partial charge in [0.15, 0.2) is 0 Å². The Hall–Kier alpha value is -0.130. The van der Waals surface area contributed by atoms with Crippen molar-refractivity contribution in [1.29, 1.82) is 0 Å². The van der Waals surface area contributed by atoms with Gasteiger partial charge in [0.2, 0.25) is 10.0 Å². The molecule has 0 aromatic carbocycles. The minimum absolute atomic E-state index is 0.293. The predicted octanol–water partition coefficient (Wildman–Crippen LogP) is 1.05. The summed E-state index contributed by atoms with van der Waals surface area (Å²) in [6, 6.07) is 0.322. The van der Waals surface area contributed by atoms with Crippen molar-refractivity contribution in [3.63, 3.8) is 0 Å². The fourth-order valence-corrected chi connectivity index (χ4v) is 3.79. The Labute approximate surface area is 99.5 Å². The summed E-state index contributed by atoms with van der Waals surface area (Å²) < 4.78 is 25.8. The fraction of sp³-hybridized carbons (Fsp3) is 1.00. The van der Waals surface area contributed by atoms with Crippen molar-refractivity contribution in [3.05, 3.63) is 0 Å². The molecule has 0 saturated carbocycles. The molecular formula is C11H24N2O2S. The summed E-state index contributed by atoms with van der Waals surface area (Å²) >= 11 is 0. The van der Waals surface area contributed by atoms with Crippen molar-refractivity contribution in [2.24, 2.45) is 5.92 Å². The molecule has 1 fully saturated rings. The van der Waals surface area contributed by atoms with Gasteiger partial charge in [-0.2, -0.15) is 0 Å². The topological polar surface area (TPSA) is 49.4 Å². The number of nitrogens with zero attached hydrogens (tertiary/aromatic N) is 1. The van der Waals surface area contributed by atoms with Crippen LogP contribution in [0.4, 0.5) is 0 Å². The van der Waals surface area contributed by atoms with Gasteiger partial charge in [0, 0.05) is 19.1 Å². The normalized spacial score (nSPS) is 23.9. The van der Waals surface area contributed by atoms with E-state index in [0.29, 0.717) is 30.8 Å². The van der Waals surface area contributed by atoms with E-state index in [1.165, 1.54) is 0 Å². The quantitative estimate of drug-likeness (QED) is 0.791. The predicted molar refractivity (Wildman–Crippen MR) is 66.9 cm³/mol. The van der Waals surface area contributed by atoms with Crippen LogP contribution in [0, 0.1) is 5.92 Å². The highest BCUT2D eigenvalue weighted by atomic mass is 32.2. The summed E-state index contributed by atoms with van der Waals surface area (Å²) in [5.74, 6) is 0.737. The third-order valence-electron chi connectivity index (χ3n) is 3.14. The van der Waals surface area contributed by atoms with Crippen LogP contribution in [-0.2, 0) is 10.0 Å². The lowest BCUT2D eigenvalue weighted by atomic mass is 10.1. The summed E-state index contributed by atoms with van der Waals surface area (Å²) in [5, 5.41) is 3.16. The fourth-order valence-electron chi connectivity index (χ4n) is 1.94. The molecule has 5 heteroatoms. The molecule has 1 heterocycles.